The van der Waals surface area contributed by atoms with Crippen molar-refractivity contribution in [2.75, 3.05) is 19.3 Å². The highest BCUT2D eigenvalue weighted by molar-refractivity contribution is 7.91. The van der Waals surface area contributed by atoms with Gasteiger partial charge in [-0.1, -0.05) is 0 Å². The topological polar surface area (TPSA) is 83.5 Å². The first-order valence-electron chi connectivity index (χ1n) is 3.55. The Labute approximate surface area is 70.7 Å². The molecule has 1 saturated heterocycles. The van der Waals surface area contributed by atoms with Crippen LogP contribution in [0, 0.1) is 5.92 Å². The minimum Gasteiger partial charge on any atom is -0.481 e. The van der Waals surface area contributed by atoms with Crippen molar-refractivity contribution in [1.82, 2.24) is 5.32 Å². The predicted octanol–water partition coefficient (Wildman–Crippen LogP) is -1.30. The number of aliphatic carboxylic acids is 1. The van der Waals surface area contributed by atoms with Crippen molar-refractivity contribution in [2.24, 2.45) is 5.92 Å². The van der Waals surface area contributed by atoms with Gasteiger partial charge >= 0.3 is 5.97 Å². The Morgan fingerprint density at radius 2 is 2.08 bits per heavy atom. The second-order valence-corrected chi connectivity index (χ2v) is 5.24. The Bertz CT molecular complexity index is 284. The SMILES string of the molecule is CS(=O)(=O)C1CNCC1C(=O)O. The van der Waals surface area contributed by atoms with Gasteiger partial charge in [0.2, 0.25) is 0 Å². The largest absolute Gasteiger partial charge is 0.481 e. The maximum atomic E-state index is 11.0. The smallest absolute Gasteiger partial charge is 0.309 e. The average molecular weight is 193 g/mol. The third-order valence-electron chi connectivity index (χ3n) is 2.03. The van der Waals surface area contributed by atoms with Crippen LogP contribution in [-0.2, 0) is 14.6 Å². The summed E-state index contributed by atoms with van der Waals surface area (Å²) in [7, 11) is -3.24. The Hall–Kier alpha value is -0.620. The monoisotopic (exact) mass is 193 g/mol. The zero-order chi connectivity index (χ0) is 9.35. The van der Waals surface area contributed by atoms with E-state index in [9.17, 15) is 13.2 Å². The van der Waals surface area contributed by atoms with Crippen LogP contribution in [0.15, 0.2) is 0 Å². The van der Waals surface area contributed by atoms with Gasteiger partial charge in [-0.05, 0) is 0 Å². The molecule has 0 saturated carbocycles. The van der Waals surface area contributed by atoms with Crippen LogP contribution in [0.1, 0.15) is 0 Å². The van der Waals surface area contributed by atoms with Gasteiger partial charge in [0.05, 0.1) is 11.2 Å². The van der Waals surface area contributed by atoms with Gasteiger partial charge in [0.1, 0.15) is 0 Å². The molecule has 1 aliphatic rings. The number of rotatable bonds is 2. The van der Waals surface area contributed by atoms with E-state index in [1.54, 1.807) is 0 Å². The van der Waals surface area contributed by atoms with Crippen molar-refractivity contribution >= 4 is 15.8 Å². The van der Waals surface area contributed by atoms with E-state index in [1.807, 2.05) is 0 Å². The Balaban J connectivity index is 2.85. The quantitative estimate of drug-likeness (QED) is 0.569. The number of carboxylic acids is 1. The van der Waals surface area contributed by atoms with E-state index in [1.165, 1.54) is 0 Å². The first-order valence-corrected chi connectivity index (χ1v) is 5.51. The molecule has 0 spiro atoms. The van der Waals surface area contributed by atoms with Crippen LogP contribution < -0.4 is 5.32 Å². The highest BCUT2D eigenvalue weighted by Crippen LogP contribution is 2.16. The van der Waals surface area contributed by atoms with Crippen LogP contribution in [-0.4, -0.2) is 44.1 Å². The fraction of sp³-hybridized carbons (Fsp3) is 0.833. The van der Waals surface area contributed by atoms with Gasteiger partial charge < -0.3 is 10.4 Å². The van der Waals surface area contributed by atoms with Gasteiger partial charge in [0, 0.05) is 19.3 Å². The number of sulfone groups is 1. The normalized spacial score (nSPS) is 30.4. The van der Waals surface area contributed by atoms with Gasteiger partial charge in [0.25, 0.3) is 0 Å². The Morgan fingerprint density at radius 1 is 1.50 bits per heavy atom. The highest BCUT2D eigenvalue weighted by atomic mass is 32.2. The summed E-state index contributed by atoms with van der Waals surface area (Å²) in [6, 6.07) is 0. The molecule has 1 heterocycles. The van der Waals surface area contributed by atoms with Gasteiger partial charge in [0.15, 0.2) is 9.84 Å². The standard InChI is InChI=1S/C6H11NO4S/c1-12(10,11)5-3-7-2-4(5)6(8)9/h4-5,7H,2-3H2,1H3,(H,8,9). The van der Waals surface area contributed by atoms with Crippen LogP contribution in [0.3, 0.4) is 0 Å². The summed E-state index contributed by atoms with van der Waals surface area (Å²) < 4.78 is 22.1. The van der Waals surface area contributed by atoms with E-state index < -0.39 is 27.0 Å². The summed E-state index contributed by atoms with van der Waals surface area (Å²) in [5.74, 6) is -1.84. The molecule has 0 aliphatic carbocycles. The number of hydrogen-bond donors (Lipinski definition) is 2. The second kappa shape index (κ2) is 3.02. The molecule has 2 atom stereocenters. The molecule has 0 aromatic rings. The van der Waals surface area contributed by atoms with E-state index in [2.05, 4.69) is 5.32 Å². The summed E-state index contributed by atoms with van der Waals surface area (Å²) in [4.78, 5) is 10.6. The Kier molecular flexibility index (Phi) is 2.39. The Morgan fingerprint density at radius 3 is 2.42 bits per heavy atom. The van der Waals surface area contributed by atoms with Crippen LogP contribution in [0.2, 0.25) is 0 Å². The summed E-state index contributed by atoms with van der Waals surface area (Å²) in [5.41, 5.74) is 0. The molecule has 0 aromatic carbocycles. The van der Waals surface area contributed by atoms with Crippen molar-refractivity contribution in [3.8, 4) is 0 Å². The number of carbonyl (C=O) groups is 1. The van der Waals surface area contributed by atoms with E-state index >= 15 is 0 Å². The lowest BCUT2D eigenvalue weighted by Crippen LogP contribution is -2.33. The molecule has 6 heteroatoms. The molecule has 12 heavy (non-hydrogen) atoms. The van der Waals surface area contributed by atoms with Crippen molar-refractivity contribution in [2.45, 2.75) is 5.25 Å². The molecular formula is C6H11NO4S. The lowest BCUT2D eigenvalue weighted by atomic mass is 10.1. The molecule has 1 rings (SSSR count). The maximum absolute atomic E-state index is 11.0. The highest BCUT2D eigenvalue weighted by Gasteiger charge is 2.39. The molecular weight excluding hydrogens is 182 g/mol. The average Bonchev–Trinajstić information content (AvgIpc) is 2.30. The van der Waals surface area contributed by atoms with E-state index in [4.69, 9.17) is 5.11 Å². The molecule has 2 N–H and O–H groups in total. The molecule has 1 fully saturated rings. The minimum atomic E-state index is -3.24. The third-order valence-corrected chi connectivity index (χ3v) is 3.62. The second-order valence-electron chi connectivity index (χ2n) is 2.97. The molecule has 5 nitrogen and oxygen atoms in total. The van der Waals surface area contributed by atoms with E-state index in [-0.39, 0.29) is 13.1 Å². The van der Waals surface area contributed by atoms with Crippen molar-refractivity contribution in [3.05, 3.63) is 0 Å². The van der Waals surface area contributed by atoms with Crippen LogP contribution in [0.5, 0.6) is 0 Å². The van der Waals surface area contributed by atoms with E-state index in [0.717, 1.165) is 6.26 Å². The molecule has 0 aromatic heterocycles. The lowest BCUT2D eigenvalue weighted by molar-refractivity contribution is -0.140. The first kappa shape index (κ1) is 9.47. The molecule has 2 unspecified atom stereocenters. The van der Waals surface area contributed by atoms with Gasteiger partial charge in [-0.25, -0.2) is 8.42 Å². The van der Waals surface area contributed by atoms with E-state index in [0.29, 0.717) is 0 Å². The first-order chi connectivity index (χ1) is 5.43. The summed E-state index contributed by atoms with van der Waals surface area (Å²) in [6.07, 6.45) is 1.07. The van der Waals surface area contributed by atoms with Crippen LogP contribution in [0.4, 0.5) is 0 Å². The van der Waals surface area contributed by atoms with Crippen molar-refractivity contribution in [3.63, 3.8) is 0 Å². The fourth-order valence-electron chi connectivity index (χ4n) is 1.35. The van der Waals surface area contributed by atoms with Crippen LogP contribution in [0.25, 0.3) is 0 Å². The number of nitrogens with one attached hydrogen (secondary N) is 1. The minimum absolute atomic E-state index is 0.243. The molecule has 0 amide bonds. The predicted molar refractivity (Wildman–Crippen MR) is 42.6 cm³/mol. The van der Waals surface area contributed by atoms with Crippen LogP contribution >= 0.6 is 0 Å². The van der Waals surface area contributed by atoms with Gasteiger partial charge in [-0.3, -0.25) is 4.79 Å². The summed E-state index contributed by atoms with van der Waals surface area (Å²) in [6.45, 7) is 0.489. The molecule has 1 aliphatic heterocycles. The fourth-order valence-corrected chi connectivity index (χ4v) is 2.58. The van der Waals surface area contributed by atoms with Crippen molar-refractivity contribution in [1.29, 1.82) is 0 Å². The van der Waals surface area contributed by atoms with Gasteiger partial charge in [-0.2, -0.15) is 0 Å². The summed E-state index contributed by atoms with van der Waals surface area (Å²) >= 11 is 0. The van der Waals surface area contributed by atoms with Crippen molar-refractivity contribution < 1.29 is 18.3 Å². The zero-order valence-corrected chi connectivity index (χ0v) is 7.47. The third kappa shape index (κ3) is 1.75. The maximum Gasteiger partial charge on any atom is 0.309 e. The summed E-state index contributed by atoms with van der Waals surface area (Å²) in [5, 5.41) is 10.6. The molecule has 0 radical (unpaired) electrons. The molecule has 0 bridgehead atoms. The molecule has 70 valence electrons. The lowest BCUT2D eigenvalue weighted by Gasteiger charge is -2.11. The zero-order valence-electron chi connectivity index (χ0n) is 6.65. The van der Waals surface area contributed by atoms with Gasteiger partial charge in [-0.15, -0.1) is 0 Å². The number of carboxylic acid groups (broad SMARTS) is 1. The number of hydrogen-bond acceptors (Lipinski definition) is 4.